The van der Waals surface area contributed by atoms with E-state index >= 15 is 0 Å². The van der Waals surface area contributed by atoms with E-state index in [0.29, 0.717) is 6.54 Å². The largest absolute Gasteiger partial charge is 0.245 e. The van der Waals surface area contributed by atoms with Crippen LogP contribution in [0.15, 0.2) is 35.8 Å². The molecule has 6 heteroatoms. The Labute approximate surface area is 130 Å². The van der Waals surface area contributed by atoms with Crippen LogP contribution in [0.4, 0.5) is 0 Å². The molecule has 0 aliphatic heterocycles. The molecule has 0 saturated carbocycles. The molecule has 0 saturated heterocycles. The number of rotatable bonds is 6. The predicted molar refractivity (Wildman–Crippen MR) is 87.8 cm³/mol. The van der Waals surface area contributed by atoms with Crippen LogP contribution in [0.2, 0.25) is 0 Å². The molecule has 4 nitrogen and oxygen atoms in total. The third-order valence-corrected chi connectivity index (χ3v) is 6.46. The normalized spacial score (nSPS) is 12.5. The number of thiazole rings is 1. The molecule has 1 aromatic heterocycles. The molecule has 2 rings (SSSR count). The van der Waals surface area contributed by atoms with Crippen molar-refractivity contribution in [2.24, 2.45) is 0 Å². The Hall–Kier alpha value is -1.24. The minimum Gasteiger partial charge on any atom is -0.245 e. The Morgan fingerprint density at radius 2 is 1.90 bits per heavy atom. The van der Waals surface area contributed by atoms with Gasteiger partial charge < -0.3 is 0 Å². The minimum atomic E-state index is -3.40. The second-order valence-electron chi connectivity index (χ2n) is 5.32. The van der Waals surface area contributed by atoms with Crippen molar-refractivity contribution in [2.75, 3.05) is 6.54 Å². The van der Waals surface area contributed by atoms with E-state index in [4.69, 9.17) is 0 Å². The number of sulfonamides is 1. The molecular weight excluding hydrogens is 304 g/mol. The van der Waals surface area contributed by atoms with Crippen LogP contribution in [0.1, 0.15) is 32.8 Å². The summed E-state index contributed by atoms with van der Waals surface area (Å²) in [4.78, 5) is 4.26. The summed E-state index contributed by atoms with van der Waals surface area (Å²) in [6.07, 6.45) is 2.54. The van der Waals surface area contributed by atoms with Crippen molar-refractivity contribution in [3.8, 4) is 10.6 Å². The maximum absolute atomic E-state index is 12.4. The third-order valence-electron chi connectivity index (χ3n) is 3.47. The van der Waals surface area contributed by atoms with E-state index in [9.17, 15) is 8.42 Å². The summed E-state index contributed by atoms with van der Waals surface area (Å²) in [6.45, 7) is 5.86. The summed E-state index contributed by atoms with van der Waals surface area (Å²) in [7, 11) is -3.40. The van der Waals surface area contributed by atoms with Gasteiger partial charge in [0.05, 0.1) is 0 Å². The van der Waals surface area contributed by atoms with Crippen molar-refractivity contribution >= 4 is 21.4 Å². The van der Waals surface area contributed by atoms with Gasteiger partial charge in [0, 0.05) is 23.7 Å². The zero-order chi connectivity index (χ0) is 15.5. The van der Waals surface area contributed by atoms with Crippen molar-refractivity contribution in [3.63, 3.8) is 0 Å². The number of nitrogens with zero attached hydrogens (tertiary/aromatic N) is 1. The maximum Gasteiger partial charge on any atom is 0.221 e. The number of benzene rings is 1. The van der Waals surface area contributed by atoms with Crippen LogP contribution in [0.3, 0.4) is 0 Å². The third kappa shape index (κ3) is 3.33. The van der Waals surface area contributed by atoms with Gasteiger partial charge in [-0.1, -0.05) is 31.2 Å². The molecule has 0 fully saturated rings. The Kier molecular flexibility index (Phi) is 4.81. The molecule has 0 spiro atoms. The van der Waals surface area contributed by atoms with Crippen LogP contribution in [-0.4, -0.2) is 19.9 Å². The molecule has 2 aromatic rings. The van der Waals surface area contributed by atoms with Crippen LogP contribution < -0.4 is 4.72 Å². The first-order chi connectivity index (χ1) is 9.88. The van der Waals surface area contributed by atoms with Crippen molar-refractivity contribution in [3.05, 3.63) is 41.4 Å². The predicted octanol–water partition coefficient (Wildman–Crippen LogP) is 3.37. The van der Waals surface area contributed by atoms with E-state index in [-0.39, 0.29) is 0 Å². The van der Waals surface area contributed by atoms with Crippen molar-refractivity contribution in [1.29, 1.82) is 0 Å². The minimum absolute atomic E-state index is 0.461. The van der Waals surface area contributed by atoms with Gasteiger partial charge in [0.2, 0.25) is 10.0 Å². The number of hydrogen-bond acceptors (Lipinski definition) is 4. The van der Waals surface area contributed by atoms with Gasteiger partial charge in [0.25, 0.3) is 0 Å². The molecule has 0 atom stereocenters. The van der Waals surface area contributed by atoms with Gasteiger partial charge in [-0.2, -0.15) is 0 Å². The first kappa shape index (κ1) is 16.1. The standard InChI is InChI=1S/C15H20N2O2S2/c1-4-9-17-21(18,19)15(2,3)13-7-5-12(6-8-13)14-16-10-11-20-14/h5-8,10-11,17H,4,9H2,1-3H3. The van der Waals surface area contributed by atoms with Gasteiger partial charge >= 0.3 is 0 Å². The van der Waals surface area contributed by atoms with E-state index in [0.717, 1.165) is 22.6 Å². The molecule has 1 heterocycles. The summed E-state index contributed by atoms with van der Waals surface area (Å²) in [5.41, 5.74) is 1.77. The molecule has 1 aromatic carbocycles. The highest BCUT2D eigenvalue weighted by Crippen LogP contribution is 2.31. The molecule has 0 amide bonds. The quantitative estimate of drug-likeness (QED) is 0.886. The lowest BCUT2D eigenvalue weighted by Crippen LogP contribution is -2.39. The second kappa shape index (κ2) is 6.25. The van der Waals surface area contributed by atoms with E-state index in [2.05, 4.69) is 9.71 Å². The van der Waals surface area contributed by atoms with Crippen molar-refractivity contribution in [2.45, 2.75) is 31.9 Å². The Morgan fingerprint density at radius 1 is 1.24 bits per heavy atom. The first-order valence-corrected chi connectivity index (χ1v) is 9.24. The zero-order valence-electron chi connectivity index (χ0n) is 12.5. The van der Waals surface area contributed by atoms with Gasteiger partial charge in [-0.3, -0.25) is 0 Å². The molecule has 0 unspecified atom stereocenters. The van der Waals surface area contributed by atoms with Gasteiger partial charge in [-0.25, -0.2) is 18.1 Å². The molecular formula is C15H20N2O2S2. The smallest absolute Gasteiger partial charge is 0.221 e. The molecule has 0 aliphatic carbocycles. The number of hydrogen-bond donors (Lipinski definition) is 1. The van der Waals surface area contributed by atoms with Crippen LogP contribution in [0, 0.1) is 0 Å². The van der Waals surface area contributed by atoms with E-state index in [1.54, 1.807) is 31.4 Å². The van der Waals surface area contributed by atoms with E-state index in [1.165, 1.54) is 0 Å². The Balaban J connectivity index is 2.28. The summed E-state index contributed by atoms with van der Waals surface area (Å²) in [5.74, 6) is 0. The zero-order valence-corrected chi connectivity index (χ0v) is 14.1. The lowest BCUT2D eigenvalue weighted by molar-refractivity contribution is 0.539. The van der Waals surface area contributed by atoms with Crippen molar-refractivity contribution in [1.82, 2.24) is 9.71 Å². The number of aromatic nitrogens is 1. The SMILES string of the molecule is CCCNS(=O)(=O)C(C)(C)c1ccc(-c2nccs2)cc1. The molecule has 1 N–H and O–H groups in total. The van der Waals surface area contributed by atoms with Crippen molar-refractivity contribution < 1.29 is 8.42 Å². The Bertz CT molecular complexity index is 675. The van der Waals surface area contributed by atoms with Crippen LogP contribution in [-0.2, 0) is 14.8 Å². The summed E-state index contributed by atoms with van der Waals surface area (Å²) >= 11 is 1.56. The molecule has 21 heavy (non-hydrogen) atoms. The van der Waals surface area contributed by atoms with Gasteiger partial charge in [0.15, 0.2) is 0 Å². The average Bonchev–Trinajstić information content (AvgIpc) is 2.99. The fraction of sp³-hybridized carbons (Fsp3) is 0.400. The van der Waals surface area contributed by atoms with Gasteiger partial charge in [-0.15, -0.1) is 11.3 Å². The van der Waals surface area contributed by atoms with Crippen LogP contribution >= 0.6 is 11.3 Å². The summed E-state index contributed by atoms with van der Waals surface area (Å²) in [6, 6.07) is 7.57. The molecule has 0 aliphatic rings. The highest BCUT2D eigenvalue weighted by Gasteiger charge is 2.35. The van der Waals surface area contributed by atoms with Crippen LogP contribution in [0.5, 0.6) is 0 Å². The second-order valence-corrected chi connectivity index (χ2v) is 8.53. The number of nitrogens with one attached hydrogen (secondary N) is 1. The Morgan fingerprint density at radius 3 is 2.43 bits per heavy atom. The van der Waals surface area contributed by atoms with Gasteiger partial charge in [-0.05, 0) is 25.8 Å². The highest BCUT2D eigenvalue weighted by atomic mass is 32.2. The monoisotopic (exact) mass is 324 g/mol. The van der Waals surface area contributed by atoms with E-state index < -0.39 is 14.8 Å². The highest BCUT2D eigenvalue weighted by molar-refractivity contribution is 7.90. The molecule has 0 bridgehead atoms. The average molecular weight is 324 g/mol. The lowest BCUT2D eigenvalue weighted by atomic mass is 10.0. The first-order valence-electron chi connectivity index (χ1n) is 6.88. The fourth-order valence-electron chi connectivity index (χ4n) is 1.95. The lowest BCUT2D eigenvalue weighted by Gasteiger charge is -2.25. The molecule has 0 radical (unpaired) electrons. The molecule has 114 valence electrons. The maximum atomic E-state index is 12.4. The van der Waals surface area contributed by atoms with E-state index in [1.807, 2.05) is 36.6 Å². The fourth-order valence-corrected chi connectivity index (χ4v) is 3.88. The summed E-state index contributed by atoms with van der Waals surface area (Å²) in [5, 5.41) is 2.86. The summed E-state index contributed by atoms with van der Waals surface area (Å²) < 4.78 is 26.5. The topological polar surface area (TPSA) is 59.1 Å². The van der Waals surface area contributed by atoms with Crippen LogP contribution in [0.25, 0.3) is 10.6 Å². The van der Waals surface area contributed by atoms with Gasteiger partial charge in [0.1, 0.15) is 9.75 Å².